The first-order chi connectivity index (χ1) is 11.0. The summed E-state index contributed by atoms with van der Waals surface area (Å²) in [6.07, 6.45) is 0. The molecule has 1 aromatic carbocycles. The van der Waals surface area contributed by atoms with E-state index in [0.29, 0.717) is 29.4 Å². The fourth-order valence-corrected chi connectivity index (χ4v) is 3.72. The first kappa shape index (κ1) is 16.3. The summed E-state index contributed by atoms with van der Waals surface area (Å²) >= 11 is 5.16. The SMILES string of the molecule is Cc1ccc(-c2noc(CN(C)Cc3ccc(Br)s3)n2)cc1F. The molecule has 0 aliphatic heterocycles. The van der Waals surface area contributed by atoms with Gasteiger partial charge in [-0.25, -0.2) is 4.39 Å². The topological polar surface area (TPSA) is 42.2 Å². The molecule has 0 aliphatic rings. The van der Waals surface area contributed by atoms with E-state index < -0.39 is 0 Å². The normalized spacial score (nSPS) is 11.3. The van der Waals surface area contributed by atoms with Crippen LogP contribution in [0.1, 0.15) is 16.3 Å². The summed E-state index contributed by atoms with van der Waals surface area (Å²) in [5.74, 6) is 0.652. The van der Waals surface area contributed by atoms with Gasteiger partial charge in [-0.2, -0.15) is 4.98 Å². The molecular weight excluding hydrogens is 381 g/mol. The van der Waals surface area contributed by atoms with Gasteiger partial charge in [-0.3, -0.25) is 4.90 Å². The fourth-order valence-electron chi connectivity index (χ4n) is 2.16. The lowest BCUT2D eigenvalue weighted by Crippen LogP contribution is -2.16. The van der Waals surface area contributed by atoms with Gasteiger partial charge in [-0.1, -0.05) is 17.3 Å². The molecule has 3 aromatic rings. The lowest BCUT2D eigenvalue weighted by Gasteiger charge is -2.12. The van der Waals surface area contributed by atoms with Crippen molar-refractivity contribution in [2.75, 3.05) is 7.05 Å². The Morgan fingerprint density at radius 2 is 2.09 bits per heavy atom. The summed E-state index contributed by atoms with van der Waals surface area (Å²) in [6, 6.07) is 9.04. The second-order valence-electron chi connectivity index (χ2n) is 5.35. The minimum absolute atomic E-state index is 0.269. The molecule has 120 valence electrons. The number of benzene rings is 1. The van der Waals surface area contributed by atoms with Crippen molar-refractivity contribution in [3.05, 3.63) is 56.3 Å². The molecule has 0 saturated heterocycles. The predicted octanol–water partition coefficient (Wildman–Crippen LogP) is 4.64. The van der Waals surface area contributed by atoms with Gasteiger partial charge in [0.2, 0.25) is 11.7 Å². The van der Waals surface area contributed by atoms with Crippen LogP contribution in [0.15, 0.2) is 38.6 Å². The van der Waals surface area contributed by atoms with Crippen molar-refractivity contribution in [1.82, 2.24) is 15.0 Å². The number of aromatic nitrogens is 2. The average Bonchev–Trinajstić information content (AvgIpc) is 3.11. The molecule has 2 aromatic heterocycles. The molecule has 0 N–H and O–H groups in total. The molecule has 0 radical (unpaired) electrons. The van der Waals surface area contributed by atoms with E-state index in [-0.39, 0.29) is 5.82 Å². The number of hydrogen-bond acceptors (Lipinski definition) is 5. The van der Waals surface area contributed by atoms with Crippen molar-refractivity contribution < 1.29 is 8.91 Å². The zero-order chi connectivity index (χ0) is 16.4. The number of aryl methyl sites for hydroxylation is 1. The molecule has 0 bridgehead atoms. The number of nitrogens with zero attached hydrogens (tertiary/aromatic N) is 3. The summed E-state index contributed by atoms with van der Waals surface area (Å²) < 4.78 is 20.0. The van der Waals surface area contributed by atoms with Crippen LogP contribution >= 0.6 is 27.3 Å². The van der Waals surface area contributed by atoms with Crippen LogP contribution in [0.4, 0.5) is 4.39 Å². The van der Waals surface area contributed by atoms with Crippen molar-refractivity contribution in [2.45, 2.75) is 20.0 Å². The molecule has 4 nitrogen and oxygen atoms in total. The zero-order valence-corrected chi connectivity index (χ0v) is 15.1. The number of thiophene rings is 1. The molecule has 0 unspecified atom stereocenters. The summed E-state index contributed by atoms with van der Waals surface area (Å²) in [4.78, 5) is 7.68. The van der Waals surface area contributed by atoms with Gasteiger partial charge < -0.3 is 4.52 Å². The Kier molecular flexibility index (Phi) is 4.89. The molecule has 0 spiro atoms. The van der Waals surface area contributed by atoms with Gasteiger partial charge in [0.25, 0.3) is 0 Å². The van der Waals surface area contributed by atoms with Crippen LogP contribution in [0.5, 0.6) is 0 Å². The van der Waals surface area contributed by atoms with E-state index in [2.05, 4.69) is 37.0 Å². The Morgan fingerprint density at radius 1 is 1.26 bits per heavy atom. The monoisotopic (exact) mass is 395 g/mol. The summed E-state index contributed by atoms with van der Waals surface area (Å²) in [6.45, 7) is 3.06. The number of hydrogen-bond donors (Lipinski definition) is 0. The smallest absolute Gasteiger partial charge is 0.241 e. The second kappa shape index (κ2) is 6.90. The van der Waals surface area contributed by atoms with Crippen LogP contribution in [0.2, 0.25) is 0 Å². The largest absolute Gasteiger partial charge is 0.338 e. The van der Waals surface area contributed by atoms with Crippen molar-refractivity contribution >= 4 is 27.3 Å². The molecule has 0 saturated carbocycles. The Morgan fingerprint density at radius 3 is 2.78 bits per heavy atom. The van der Waals surface area contributed by atoms with Gasteiger partial charge in [0, 0.05) is 17.0 Å². The standard InChI is InChI=1S/C16H15BrFN3OS/c1-10-3-4-11(7-13(10)18)16-19-15(22-20-16)9-21(2)8-12-5-6-14(17)23-12/h3-7H,8-9H2,1-2H3. The van der Waals surface area contributed by atoms with Gasteiger partial charge in [-0.15, -0.1) is 11.3 Å². The molecule has 0 amide bonds. The van der Waals surface area contributed by atoms with Gasteiger partial charge in [-0.05, 0) is 53.7 Å². The highest BCUT2D eigenvalue weighted by atomic mass is 79.9. The lowest BCUT2D eigenvalue weighted by molar-refractivity contribution is 0.262. The molecule has 0 fully saturated rings. The number of rotatable bonds is 5. The van der Waals surface area contributed by atoms with Crippen LogP contribution < -0.4 is 0 Å². The van der Waals surface area contributed by atoms with E-state index in [9.17, 15) is 4.39 Å². The molecule has 3 rings (SSSR count). The van der Waals surface area contributed by atoms with Crippen LogP contribution in [-0.4, -0.2) is 22.1 Å². The summed E-state index contributed by atoms with van der Waals surface area (Å²) in [5.41, 5.74) is 1.22. The summed E-state index contributed by atoms with van der Waals surface area (Å²) in [7, 11) is 1.99. The minimum Gasteiger partial charge on any atom is -0.338 e. The van der Waals surface area contributed by atoms with Crippen molar-refractivity contribution in [1.29, 1.82) is 0 Å². The van der Waals surface area contributed by atoms with Gasteiger partial charge in [0.15, 0.2) is 0 Å². The quantitative estimate of drug-likeness (QED) is 0.630. The molecule has 7 heteroatoms. The van der Waals surface area contributed by atoms with Crippen LogP contribution in [-0.2, 0) is 13.1 Å². The van der Waals surface area contributed by atoms with Crippen molar-refractivity contribution in [3.8, 4) is 11.4 Å². The predicted molar refractivity (Wildman–Crippen MR) is 91.6 cm³/mol. The Balaban J connectivity index is 1.67. The molecule has 23 heavy (non-hydrogen) atoms. The van der Waals surface area contributed by atoms with Gasteiger partial charge in [0.05, 0.1) is 10.3 Å². The highest BCUT2D eigenvalue weighted by molar-refractivity contribution is 9.11. The van der Waals surface area contributed by atoms with Gasteiger partial charge in [0.1, 0.15) is 5.82 Å². The molecule has 0 aliphatic carbocycles. The Hall–Kier alpha value is -1.57. The highest BCUT2D eigenvalue weighted by Gasteiger charge is 2.12. The van der Waals surface area contributed by atoms with E-state index in [1.807, 2.05) is 13.1 Å². The van der Waals surface area contributed by atoms with E-state index in [4.69, 9.17) is 4.52 Å². The third-order valence-electron chi connectivity index (χ3n) is 3.36. The van der Waals surface area contributed by atoms with E-state index in [1.54, 1.807) is 30.4 Å². The third-order valence-corrected chi connectivity index (χ3v) is 4.97. The van der Waals surface area contributed by atoms with E-state index in [1.165, 1.54) is 10.9 Å². The molecule has 0 atom stereocenters. The second-order valence-corrected chi connectivity index (χ2v) is 7.90. The first-order valence-corrected chi connectivity index (χ1v) is 8.64. The first-order valence-electron chi connectivity index (χ1n) is 7.03. The third kappa shape index (κ3) is 4.04. The molecular formula is C16H15BrFN3OS. The number of halogens is 2. The zero-order valence-electron chi connectivity index (χ0n) is 12.7. The van der Waals surface area contributed by atoms with Crippen LogP contribution in [0, 0.1) is 12.7 Å². The average molecular weight is 396 g/mol. The summed E-state index contributed by atoms with van der Waals surface area (Å²) in [5, 5.41) is 3.94. The van der Waals surface area contributed by atoms with E-state index >= 15 is 0 Å². The van der Waals surface area contributed by atoms with Crippen LogP contribution in [0.3, 0.4) is 0 Å². The highest BCUT2D eigenvalue weighted by Crippen LogP contribution is 2.24. The lowest BCUT2D eigenvalue weighted by atomic mass is 10.1. The maximum atomic E-state index is 13.6. The molecule has 2 heterocycles. The Bertz CT molecular complexity index is 817. The van der Waals surface area contributed by atoms with Crippen molar-refractivity contribution in [2.24, 2.45) is 0 Å². The van der Waals surface area contributed by atoms with Crippen LogP contribution in [0.25, 0.3) is 11.4 Å². The van der Waals surface area contributed by atoms with Gasteiger partial charge >= 0.3 is 0 Å². The maximum absolute atomic E-state index is 13.6. The van der Waals surface area contributed by atoms with E-state index in [0.717, 1.165) is 10.3 Å². The van der Waals surface area contributed by atoms with Crippen molar-refractivity contribution in [3.63, 3.8) is 0 Å². The minimum atomic E-state index is -0.269. The Labute approximate surface area is 146 Å². The fraction of sp³-hybridized carbons (Fsp3) is 0.250. The maximum Gasteiger partial charge on any atom is 0.241 e.